The van der Waals surface area contributed by atoms with Crippen molar-refractivity contribution in [3.05, 3.63) is 112 Å². The monoisotopic (exact) mass is 495 g/mol. The summed E-state index contributed by atoms with van der Waals surface area (Å²) in [6.45, 7) is 2.85. The number of nitrogens with zero attached hydrogens (tertiary/aromatic N) is 3. The van der Waals surface area contributed by atoms with E-state index in [0.29, 0.717) is 61.4 Å². The lowest BCUT2D eigenvalue weighted by molar-refractivity contribution is -0.135. The third-order valence-electron chi connectivity index (χ3n) is 6.64. The number of carbonyl (C=O) groups is 2. The second-order valence-electron chi connectivity index (χ2n) is 9.21. The normalized spacial score (nSPS) is 14.9. The maximum Gasteiger partial charge on any atom is 0.258 e. The van der Waals surface area contributed by atoms with Gasteiger partial charge in [-0.05, 0) is 29.8 Å². The van der Waals surface area contributed by atoms with Crippen LogP contribution in [0.15, 0.2) is 89.7 Å². The van der Waals surface area contributed by atoms with Crippen molar-refractivity contribution in [3.8, 4) is 0 Å². The van der Waals surface area contributed by atoms with Crippen LogP contribution in [-0.2, 0) is 17.8 Å². The SMILES string of the molecule is O=C(N[C@@H](Cc1ccccc1)C(=O)N1CCN(Cc2nc3ccccc3c(=O)[nH]2)CC1)c1ccccc1. The van der Waals surface area contributed by atoms with Gasteiger partial charge in [-0.15, -0.1) is 0 Å². The van der Waals surface area contributed by atoms with Crippen LogP contribution < -0.4 is 10.9 Å². The molecule has 37 heavy (non-hydrogen) atoms. The van der Waals surface area contributed by atoms with Crippen molar-refractivity contribution in [2.75, 3.05) is 26.2 Å². The summed E-state index contributed by atoms with van der Waals surface area (Å²) in [5.41, 5.74) is 2.04. The van der Waals surface area contributed by atoms with E-state index in [1.54, 1.807) is 30.3 Å². The lowest BCUT2D eigenvalue weighted by atomic mass is 10.0. The summed E-state index contributed by atoms with van der Waals surface area (Å²) in [5, 5.41) is 3.53. The van der Waals surface area contributed by atoms with Crippen molar-refractivity contribution in [1.82, 2.24) is 25.1 Å². The molecule has 0 saturated carbocycles. The maximum atomic E-state index is 13.6. The summed E-state index contributed by atoms with van der Waals surface area (Å²) >= 11 is 0. The first-order valence-corrected chi connectivity index (χ1v) is 12.5. The highest BCUT2D eigenvalue weighted by Gasteiger charge is 2.29. The fraction of sp³-hybridized carbons (Fsp3) is 0.241. The van der Waals surface area contributed by atoms with Gasteiger partial charge in [-0.3, -0.25) is 19.3 Å². The van der Waals surface area contributed by atoms with Crippen LogP contribution in [0.1, 0.15) is 21.7 Å². The molecule has 5 rings (SSSR count). The zero-order valence-electron chi connectivity index (χ0n) is 20.5. The van der Waals surface area contributed by atoms with Crippen molar-refractivity contribution in [3.63, 3.8) is 0 Å². The molecule has 4 aromatic rings. The number of hydrogen-bond donors (Lipinski definition) is 2. The van der Waals surface area contributed by atoms with Gasteiger partial charge in [0.05, 0.1) is 17.4 Å². The molecule has 188 valence electrons. The Labute approximate surface area is 214 Å². The van der Waals surface area contributed by atoms with Gasteiger partial charge in [0, 0.05) is 38.2 Å². The number of aromatic nitrogens is 2. The second kappa shape index (κ2) is 11.2. The standard InChI is InChI=1S/C29H29N5O3/c35-27(22-11-5-2-6-12-22)31-25(19-21-9-3-1-4-10-21)29(37)34-17-15-33(16-18-34)20-26-30-24-14-8-7-13-23(24)28(36)32-26/h1-14,25H,15-20H2,(H,31,35)(H,30,32,36)/t25-/m0/s1. The van der Waals surface area contributed by atoms with E-state index in [9.17, 15) is 14.4 Å². The van der Waals surface area contributed by atoms with Crippen LogP contribution in [-0.4, -0.2) is 63.8 Å². The molecule has 8 heteroatoms. The van der Waals surface area contributed by atoms with Gasteiger partial charge < -0.3 is 15.2 Å². The Kier molecular flexibility index (Phi) is 7.37. The molecule has 2 N–H and O–H groups in total. The quantitative estimate of drug-likeness (QED) is 0.411. The van der Waals surface area contributed by atoms with Gasteiger partial charge >= 0.3 is 0 Å². The number of rotatable bonds is 7. The van der Waals surface area contributed by atoms with E-state index >= 15 is 0 Å². The van der Waals surface area contributed by atoms with Crippen LogP contribution in [0.4, 0.5) is 0 Å². The molecule has 0 unspecified atom stereocenters. The minimum Gasteiger partial charge on any atom is -0.340 e. The van der Waals surface area contributed by atoms with Gasteiger partial charge in [-0.25, -0.2) is 4.98 Å². The van der Waals surface area contributed by atoms with Gasteiger partial charge in [-0.1, -0.05) is 60.7 Å². The average Bonchev–Trinajstić information content (AvgIpc) is 2.94. The molecule has 1 aliphatic rings. The Balaban J connectivity index is 1.24. The van der Waals surface area contributed by atoms with Crippen LogP contribution in [0.2, 0.25) is 0 Å². The van der Waals surface area contributed by atoms with Gasteiger partial charge in [-0.2, -0.15) is 0 Å². The molecule has 8 nitrogen and oxygen atoms in total. The van der Waals surface area contributed by atoms with Crippen molar-refractivity contribution in [2.24, 2.45) is 0 Å². The minimum atomic E-state index is -0.667. The van der Waals surface area contributed by atoms with E-state index in [4.69, 9.17) is 0 Å². The predicted octanol–water partition coefficient (Wildman–Crippen LogP) is 2.61. The van der Waals surface area contributed by atoms with E-state index in [1.165, 1.54) is 0 Å². The Morgan fingerprint density at radius 3 is 2.24 bits per heavy atom. The Morgan fingerprint density at radius 2 is 1.51 bits per heavy atom. The molecule has 1 aliphatic heterocycles. The molecule has 0 radical (unpaired) electrons. The van der Waals surface area contributed by atoms with E-state index in [-0.39, 0.29) is 17.4 Å². The number of para-hydroxylation sites is 1. The molecular formula is C29H29N5O3. The van der Waals surface area contributed by atoms with E-state index in [2.05, 4.69) is 20.2 Å². The number of amides is 2. The highest BCUT2D eigenvalue weighted by molar-refractivity contribution is 5.97. The Morgan fingerprint density at radius 1 is 0.865 bits per heavy atom. The van der Waals surface area contributed by atoms with Gasteiger partial charge in [0.25, 0.3) is 11.5 Å². The van der Waals surface area contributed by atoms with Crippen molar-refractivity contribution < 1.29 is 9.59 Å². The topological polar surface area (TPSA) is 98.4 Å². The van der Waals surface area contributed by atoms with Crippen LogP contribution in [0, 0.1) is 0 Å². The first-order valence-electron chi connectivity index (χ1n) is 12.5. The first-order chi connectivity index (χ1) is 18.1. The molecule has 1 saturated heterocycles. The summed E-state index contributed by atoms with van der Waals surface area (Å²) < 4.78 is 0. The van der Waals surface area contributed by atoms with Crippen LogP contribution in [0.5, 0.6) is 0 Å². The average molecular weight is 496 g/mol. The summed E-state index contributed by atoms with van der Waals surface area (Å²) in [6, 6.07) is 25.3. The predicted molar refractivity (Wildman–Crippen MR) is 142 cm³/mol. The number of hydrogen-bond acceptors (Lipinski definition) is 5. The third kappa shape index (κ3) is 5.92. The number of aromatic amines is 1. The molecular weight excluding hydrogens is 466 g/mol. The number of benzene rings is 3. The van der Waals surface area contributed by atoms with E-state index in [0.717, 1.165) is 5.56 Å². The largest absolute Gasteiger partial charge is 0.340 e. The molecule has 0 bridgehead atoms. The second-order valence-corrected chi connectivity index (χ2v) is 9.21. The number of H-pyrrole nitrogens is 1. The molecule has 1 atom stereocenters. The van der Waals surface area contributed by atoms with Crippen molar-refractivity contribution in [2.45, 2.75) is 19.0 Å². The van der Waals surface area contributed by atoms with Crippen molar-refractivity contribution >= 4 is 22.7 Å². The number of carbonyl (C=O) groups excluding carboxylic acids is 2. The Bertz CT molecular complexity index is 1430. The summed E-state index contributed by atoms with van der Waals surface area (Å²) in [7, 11) is 0. The minimum absolute atomic E-state index is 0.0926. The molecule has 3 aromatic carbocycles. The molecule has 2 amide bonds. The highest BCUT2D eigenvalue weighted by atomic mass is 16.2. The number of piperazine rings is 1. The summed E-state index contributed by atoms with van der Waals surface area (Å²) in [5.74, 6) is 0.255. The third-order valence-corrected chi connectivity index (χ3v) is 6.64. The zero-order valence-corrected chi connectivity index (χ0v) is 20.5. The smallest absolute Gasteiger partial charge is 0.258 e. The van der Waals surface area contributed by atoms with Crippen LogP contribution in [0.3, 0.4) is 0 Å². The molecule has 1 aromatic heterocycles. The number of nitrogens with one attached hydrogen (secondary N) is 2. The summed E-state index contributed by atoms with van der Waals surface area (Å²) in [6.07, 6.45) is 0.417. The molecule has 0 aliphatic carbocycles. The van der Waals surface area contributed by atoms with Gasteiger partial charge in [0.15, 0.2) is 0 Å². The van der Waals surface area contributed by atoms with Crippen molar-refractivity contribution in [1.29, 1.82) is 0 Å². The Hall–Kier alpha value is -4.30. The lowest BCUT2D eigenvalue weighted by Crippen LogP contribution is -2.55. The fourth-order valence-corrected chi connectivity index (χ4v) is 4.65. The van der Waals surface area contributed by atoms with Crippen LogP contribution >= 0.6 is 0 Å². The number of fused-ring (bicyclic) bond motifs is 1. The maximum absolute atomic E-state index is 13.6. The van der Waals surface area contributed by atoms with Gasteiger partial charge in [0.2, 0.25) is 5.91 Å². The van der Waals surface area contributed by atoms with E-state index < -0.39 is 6.04 Å². The molecule has 2 heterocycles. The van der Waals surface area contributed by atoms with E-state index in [1.807, 2.05) is 59.5 Å². The zero-order chi connectivity index (χ0) is 25.6. The molecule has 1 fully saturated rings. The van der Waals surface area contributed by atoms with Crippen LogP contribution in [0.25, 0.3) is 10.9 Å². The highest BCUT2D eigenvalue weighted by Crippen LogP contribution is 2.13. The first kappa shape index (κ1) is 24.4. The summed E-state index contributed by atoms with van der Waals surface area (Å²) in [4.78, 5) is 50.3. The van der Waals surface area contributed by atoms with Gasteiger partial charge in [0.1, 0.15) is 11.9 Å². The lowest BCUT2D eigenvalue weighted by Gasteiger charge is -2.36. The molecule has 0 spiro atoms. The fourth-order valence-electron chi connectivity index (χ4n) is 4.65.